The number of fused-ring (bicyclic) bond motifs is 1. The topological polar surface area (TPSA) is 188 Å². The molecule has 258 valence electrons. The fraction of sp³-hybridized carbons (Fsp3) is 0.694. The molecule has 0 aliphatic heterocycles. The van der Waals surface area contributed by atoms with Crippen molar-refractivity contribution in [2.24, 2.45) is 11.8 Å². The molecular formula is C36H48O11. The second-order valence-electron chi connectivity index (χ2n) is 12.9. The van der Waals surface area contributed by atoms with E-state index in [9.17, 15) is 52.7 Å². The third-order valence-corrected chi connectivity index (χ3v) is 9.09. The molecule has 0 N–H and O–H groups in total. The molecule has 0 spiro atoms. The SMILES string of the molecule is O=C1CCCC(=O)CCC(=O)CCC(=O)CCC(=O)C2CCC2C(=O)CCC(=O)CCC(=O)CCC(=O)CCC(=O)CCC(=O)CC1. The highest BCUT2D eigenvalue weighted by atomic mass is 16.2. The molecule has 2 aliphatic rings. The third-order valence-electron chi connectivity index (χ3n) is 9.09. The van der Waals surface area contributed by atoms with Crippen molar-refractivity contribution in [3.05, 3.63) is 0 Å². The number of hydrogen-bond acceptors (Lipinski definition) is 11. The molecule has 2 rings (SSSR count). The lowest BCUT2D eigenvalue weighted by Crippen LogP contribution is -2.38. The summed E-state index contributed by atoms with van der Waals surface area (Å²) in [6, 6.07) is 0. The van der Waals surface area contributed by atoms with Crippen LogP contribution in [0.2, 0.25) is 0 Å². The Balaban J connectivity index is 1.87. The lowest BCUT2D eigenvalue weighted by Gasteiger charge is -2.34. The first kappa shape index (κ1) is 39.5. The van der Waals surface area contributed by atoms with Gasteiger partial charge in [-0.15, -0.1) is 0 Å². The Labute approximate surface area is 275 Å². The summed E-state index contributed by atoms with van der Waals surface area (Å²) in [6.45, 7) is 0. The summed E-state index contributed by atoms with van der Waals surface area (Å²) in [5, 5.41) is 0. The second-order valence-corrected chi connectivity index (χ2v) is 12.9. The van der Waals surface area contributed by atoms with E-state index in [4.69, 9.17) is 0 Å². The molecule has 2 aliphatic carbocycles. The molecule has 2 fully saturated rings. The van der Waals surface area contributed by atoms with Gasteiger partial charge in [0.1, 0.15) is 63.6 Å². The maximum Gasteiger partial charge on any atom is 0.137 e. The van der Waals surface area contributed by atoms with Crippen LogP contribution >= 0.6 is 0 Å². The minimum absolute atomic E-state index is 0.00888. The van der Waals surface area contributed by atoms with Crippen molar-refractivity contribution in [2.45, 2.75) is 148 Å². The van der Waals surface area contributed by atoms with Gasteiger partial charge in [0, 0.05) is 140 Å². The predicted octanol–water partition coefficient (Wildman–Crippen LogP) is 4.48. The van der Waals surface area contributed by atoms with Crippen molar-refractivity contribution in [1.29, 1.82) is 0 Å². The molecule has 0 bridgehead atoms. The fourth-order valence-electron chi connectivity index (χ4n) is 5.73. The second kappa shape index (κ2) is 21.3. The predicted molar refractivity (Wildman–Crippen MR) is 168 cm³/mol. The van der Waals surface area contributed by atoms with Crippen LogP contribution in [0.5, 0.6) is 0 Å². The van der Waals surface area contributed by atoms with Crippen LogP contribution in [0.1, 0.15) is 148 Å². The van der Waals surface area contributed by atoms with Crippen LogP contribution in [0.25, 0.3) is 0 Å². The van der Waals surface area contributed by atoms with Gasteiger partial charge in [-0.3, -0.25) is 52.7 Å². The zero-order valence-corrected chi connectivity index (χ0v) is 27.4. The minimum atomic E-state index is -0.481. The van der Waals surface area contributed by atoms with E-state index in [1.54, 1.807) is 0 Å². The van der Waals surface area contributed by atoms with Gasteiger partial charge in [-0.25, -0.2) is 0 Å². The van der Waals surface area contributed by atoms with Crippen molar-refractivity contribution in [1.82, 2.24) is 0 Å². The van der Waals surface area contributed by atoms with Gasteiger partial charge in [0.25, 0.3) is 0 Å². The molecule has 0 radical (unpaired) electrons. The highest BCUT2D eigenvalue weighted by Gasteiger charge is 2.40. The number of carbonyl (C=O) groups excluding carboxylic acids is 11. The van der Waals surface area contributed by atoms with Crippen LogP contribution in [0.3, 0.4) is 0 Å². The van der Waals surface area contributed by atoms with E-state index in [-0.39, 0.29) is 192 Å². The Bertz CT molecular complexity index is 1240. The van der Waals surface area contributed by atoms with Gasteiger partial charge in [0.15, 0.2) is 0 Å². The molecule has 2 saturated carbocycles. The average Bonchev–Trinajstić information content (AvgIpc) is 3.02. The van der Waals surface area contributed by atoms with Gasteiger partial charge in [0.2, 0.25) is 0 Å². The molecule has 11 nitrogen and oxygen atoms in total. The Morgan fingerprint density at radius 2 is 0.404 bits per heavy atom. The summed E-state index contributed by atoms with van der Waals surface area (Å²) in [5.74, 6) is -3.45. The van der Waals surface area contributed by atoms with Crippen LogP contribution in [0.15, 0.2) is 0 Å². The highest BCUT2D eigenvalue weighted by Crippen LogP contribution is 2.37. The van der Waals surface area contributed by atoms with E-state index in [1.807, 2.05) is 0 Å². The molecule has 0 saturated heterocycles. The third kappa shape index (κ3) is 16.7. The Morgan fingerprint density at radius 1 is 0.234 bits per heavy atom. The van der Waals surface area contributed by atoms with Gasteiger partial charge in [-0.1, -0.05) is 0 Å². The molecule has 47 heavy (non-hydrogen) atoms. The van der Waals surface area contributed by atoms with Gasteiger partial charge in [-0.05, 0) is 19.3 Å². The van der Waals surface area contributed by atoms with E-state index >= 15 is 0 Å². The summed E-state index contributed by atoms with van der Waals surface area (Å²) in [4.78, 5) is 135. The van der Waals surface area contributed by atoms with E-state index < -0.39 is 11.8 Å². The van der Waals surface area contributed by atoms with Crippen LogP contribution in [-0.2, 0) is 52.7 Å². The zero-order valence-electron chi connectivity index (χ0n) is 27.4. The molecule has 0 aromatic heterocycles. The quantitative estimate of drug-likeness (QED) is 0.358. The van der Waals surface area contributed by atoms with Gasteiger partial charge >= 0.3 is 0 Å². The van der Waals surface area contributed by atoms with Gasteiger partial charge in [-0.2, -0.15) is 0 Å². The van der Waals surface area contributed by atoms with Crippen LogP contribution in [0.4, 0.5) is 0 Å². The largest absolute Gasteiger partial charge is 0.300 e. The van der Waals surface area contributed by atoms with E-state index in [1.165, 1.54) is 0 Å². The summed E-state index contributed by atoms with van der Waals surface area (Å²) in [6.07, 6.45) is 1.09. The smallest absolute Gasteiger partial charge is 0.137 e. The molecule has 0 aromatic carbocycles. The first-order valence-corrected chi connectivity index (χ1v) is 17.0. The Morgan fingerprint density at radius 3 is 0.596 bits per heavy atom. The number of rotatable bonds is 0. The summed E-state index contributed by atoms with van der Waals surface area (Å²) in [7, 11) is 0. The normalized spacial score (nSPS) is 25.2. The van der Waals surface area contributed by atoms with E-state index in [2.05, 4.69) is 0 Å². The molecule has 11 heteroatoms. The first-order valence-electron chi connectivity index (χ1n) is 17.0. The molecular weight excluding hydrogens is 608 g/mol. The zero-order chi connectivity index (χ0) is 34.8. The lowest BCUT2D eigenvalue weighted by atomic mass is 9.67. The number of Topliss-reactive ketones (excluding diaryl/α,β-unsaturated/α-hetero) is 11. The maximum atomic E-state index is 12.7. The lowest BCUT2D eigenvalue weighted by molar-refractivity contribution is -0.139. The molecule has 2 atom stereocenters. The van der Waals surface area contributed by atoms with Crippen LogP contribution in [-0.4, -0.2) is 63.6 Å². The first-order chi connectivity index (χ1) is 22.3. The van der Waals surface area contributed by atoms with Crippen molar-refractivity contribution in [3.8, 4) is 0 Å². The average molecular weight is 657 g/mol. The van der Waals surface area contributed by atoms with Gasteiger partial charge < -0.3 is 0 Å². The fourth-order valence-corrected chi connectivity index (χ4v) is 5.73. The maximum absolute atomic E-state index is 12.7. The Hall–Kier alpha value is -3.63. The van der Waals surface area contributed by atoms with Crippen LogP contribution in [0, 0.1) is 11.8 Å². The molecule has 2 unspecified atom stereocenters. The standard InChI is InChI=1S/C36H48O11/c37-24-2-1-3-25(38)5-7-27(40)14-16-31(44)18-22-35(46)33-20-21-34(33)36(47)23-19-32(45)17-15-30(43)13-12-29(42)11-10-28(41)9-8-26(39)6-4-24/h33-34H,1-23H2. The van der Waals surface area contributed by atoms with Crippen molar-refractivity contribution < 1.29 is 52.7 Å². The Kier molecular flexibility index (Phi) is 17.9. The van der Waals surface area contributed by atoms with Crippen molar-refractivity contribution in [2.75, 3.05) is 0 Å². The van der Waals surface area contributed by atoms with E-state index in [0.29, 0.717) is 19.3 Å². The summed E-state index contributed by atoms with van der Waals surface area (Å²) in [5.41, 5.74) is 0. The molecule has 0 amide bonds. The van der Waals surface area contributed by atoms with E-state index in [0.717, 1.165) is 0 Å². The monoisotopic (exact) mass is 656 g/mol. The van der Waals surface area contributed by atoms with Crippen molar-refractivity contribution >= 4 is 63.6 Å². The van der Waals surface area contributed by atoms with Gasteiger partial charge in [0.05, 0.1) is 0 Å². The summed E-state index contributed by atoms with van der Waals surface area (Å²) >= 11 is 0. The minimum Gasteiger partial charge on any atom is -0.300 e. The number of hydrogen-bond donors (Lipinski definition) is 0. The number of ketones is 11. The highest BCUT2D eigenvalue weighted by molar-refractivity contribution is 5.96. The molecule has 0 heterocycles. The summed E-state index contributed by atoms with van der Waals surface area (Å²) < 4.78 is 0. The van der Waals surface area contributed by atoms with Crippen LogP contribution < -0.4 is 0 Å². The van der Waals surface area contributed by atoms with Crippen molar-refractivity contribution in [3.63, 3.8) is 0 Å². The molecule has 0 aromatic rings. The number of carbonyl (C=O) groups is 11.